The van der Waals surface area contributed by atoms with Crippen molar-refractivity contribution in [2.24, 2.45) is 22.2 Å². The average Bonchev–Trinajstić information content (AvgIpc) is 4.03. The number of carbonyl (C=O) groups excluding carboxylic acids is 5. The monoisotopic (exact) mass is 869 g/mol. The number of primary amides is 2. The molecule has 0 aliphatic heterocycles. The van der Waals surface area contributed by atoms with E-state index in [-0.39, 0.29) is 54.8 Å². The number of nitrogens with two attached hydrogens (primary N) is 3. The van der Waals surface area contributed by atoms with Crippen LogP contribution in [0.2, 0.25) is 0 Å². The highest BCUT2D eigenvalue weighted by molar-refractivity contribution is 7.16. The van der Waals surface area contributed by atoms with Gasteiger partial charge in [0.25, 0.3) is 11.8 Å². The summed E-state index contributed by atoms with van der Waals surface area (Å²) >= 11 is 1.19. The van der Waals surface area contributed by atoms with Gasteiger partial charge in [0.05, 0.1) is 35.3 Å². The maximum absolute atomic E-state index is 13.7. The van der Waals surface area contributed by atoms with E-state index in [1.807, 2.05) is 26.0 Å². The SMILES string of the molecule is CCn1nc(C)cc1C(=O)N=c1sc2cc(C(N)=O)cc(OC)c2n1C/C=C/Cn1c(NC(=O)c2cc(C)nn2CC)nc2cc(C(N)=O)cc(OCCCC(=O)NC)c21.CN. The van der Waals surface area contributed by atoms with Gasteiger partial charge in [0, 0.05) is 50.8 Å². The highest BCUT2D eigenvalue weighted by Gasteiger charge is 2.22. The number of aryl methyl sites for hydroxylation is 4. The van der Waals surface area contributed by atoms with E-state index in [0.29, 0.717) is 74.1 Å². The van der Waals surface area contributed by atoms with Crippen molar-refractivity contribution in [3.8, 4) is 11.5 Å². The Kier molecular flexibility index (Phi) is 15.1. The molecule has 328 valence electrons. The molecular formula is C41H51N13O7S. The summed E-state index contributed by atoms with van der Waals surface area (Å²) < 4.78 is 19.2. The molecule has 0 atom stereocenters. The predicted molar refractivity (Wildman–Crippen MR) is 234 cm³/mol. The van der Waals surface area contributed by atoms with Gasteiger partial charge in [-0.1, -0.05) is 23.5 Å². The average molecular weight is 870 g/mol. The predicted octanol–water partition coefficient (Wildman–Crippen LogP) is 3.04. The molecule has 2 aromatic carbocycles. The second-order valence-electron chi connectivity index (χ2n) is 13.6. The molecule has 4 aromatic heterocycles. The minimum absolute atomic E-state index is 0.132. The lowest BCUT2D eigenvalue weighted by atomic mass is 10.1. The van der Waals surface area contributed by atoms with Crippen LogP contribution in [-0.4, -0.2) is 91.0 Å². The summed E-state index contributed by atoms with van der Waals surface area (Å²) in [7, 11) is 4.52. The minimum Gasteiger partial charge on any atom is -0.494 e. The number of nitrogens with one attached hydrogen (secondary N) is 2. The normalized spacial score (nSPS) is 11.5. The van der Waals surface area contributed by atoms with Crippen LogP contribution in [0.1, 0.15) is 79.8 Å². The molecule has 0 fully saturated rings. The Morgan fingerprint density at radius 1 is 0.823 bits per heavy atom. The molecule has 0 aliphatic carbocycles. The fraction of sp³-hybridized carbons (Fsp3) is 0.341. The molecule has 0 saturated carbocycles. The molecule has 6 rings (SSSR count). The number of hydrogen-bond donors (Lipinski definition) is 5. The zero-order chi connectivity index (χ0) is 45.2. The molecule has 0 spiro atoms. The largest absolute Gasteiger partial charge is 0.494 e. The van der Waals surface area contributed by atoms with Gasteiger partial charge in [-0.25, -0.2) is 4.98 Å². The van der Waals surface area contributed by atoms with Crippen molar-refractivity contribution in [2.75, 3.05) is 33.1 Å². The summed E-state index contributed by atoms with van der Waals surface area (Å²) in [6.45, 7) is 8.71. The Morgan fingerprint density at radius 2 is 1.42 bits per heavy atom. The van der Waals surface area contributed by atoms with E-state index >= 15 is 0 Å². The molecule has 0 unspecified atom stereocenters. The lowest BCUT2D eigenvalue weighted by Crippen LogP contribution is -2.20. The molecule has 8 N–H and O–H groups in total. The van der Waals surface area contributed by atoms with Crippen LogP contribution < -0.4 is 42.1 Å². The van der Waals surface area contributed by atoms with E-state index in [9.17, 15) is 24.0 Å². The Balaban J connectivity index is 0.00000358. The number of allylic oxidation sites excluding steroid dienone is 2. The van der Waals surface area contributed by atoms with Crippen LogP contribution in [0.5, 0.6) is 11.5 Å². The molecule has 21 heteroatoms. The highest BCUT2D eigenvalue weighted by atomic mass is 32.1. The quantitative estimate of drug-likeness (QED) is 0.0656. The molecule has 5 amide bonds. The van der Waals surface area contributed by atoms with Gasteiger partial charge in [-0.15, -0.1) is 0 Å². The maximum atomic E-state index is 13.7. The van der Waals surface area contributed by atoms with Gasteiger partial charge in [-0.2, -0.15) is 15.2 Å². The standard InChI is InChI=1S/C40H46N12O7S.CH5N/c1-7-51-27(16-22(3)47-51)37(56)45-39-44-26-18-24(35(41)54)20-30(59-15-11-12-32(53)43-5)33(26)49(39)13-9-10-14-50-34-29(58-6)19-25(36(42)55)21-31(34)60-40(50)46-38(57)28-17-23(4)48-52(28)8-2;1-2/h9-10,16-21H,7-8,11-15H2,1-6H3,(H2,41,54)(H2,42,55)(H,43,53)(H,44,45,56);2H2,1H3/b10-9+,46-40?;. The third kappa shape index (κ3) is 10.1. The molecule has 20 nitrogen and oxygen atoms in total. The Morgan fingerprint density at radius 3 is 2.03 bits per heavy atom. The number of benzene rings is 2. The smallest absolute Gasteiger partial charge is 0.297 e. The van der Waals surface area contributed by atoms with E-state index in [2.05, 4.69) is 31.6 Å². The zero-order valence-electron chi connectivity index (χ0n) is 35.6. The minimum atomic E-state index is -0.707. The maximum Gasteiger partial charge on any atom is 0.297 e. The van der Waals surface area contributed by atoms with Crippen molar-refractivity contribution >= 4 is 68.1 Å². The van der Waals surface area contributed by atoms with Crippen LogP contribution in [0, 0.1) is 13.8 Å². The summed E-state index contributed by atoms with van der Waals surface area (Å²) in [6, 6.07) is 9.53. The molecule has 0 saturated heterocycles. The van der Waals surface area contributed by atoms with Gasteiger partial charge in [0.2, 0.25) is 23.7 Å². The molecule has 6 aromatic rings. The number of nitrogens with zero attached hydrogens (tertiary/aromatic N) is 8. The second kappa shape index (κ2) is 20.4. The topological polar surface area (TPSA) is 277 Å². The highest BCUT2D eigenvalue weighted by Crippen LogP contribution is 2.32. The van der Waals surface area contributed by atoms with Crippen LogP contribution >= 0.6 is 11.3 Å². The first kappa shape index (κ1) is 45.9. The van der Waals surface area contributed by atoms with Gasteiger partial charge in [0.15, 0.2) is 4.80 Å². The number of hydrogen-bond acceptors (Lipinski definition) is 12. The number of amides is 5. The van der Waals surface area contributed by atoms with E-state index in [1.54, 1.807) is 57.6 Å². The first-order valence-corrected chi connectivity index (χ1v) is 20.5. The van der Waals surface area contributed by atoms with Crippen molar-refractivity contribution in [3.05, 3.63) is 87.3 Å². The van der Waals surface area contributed by atoms with Crippen LogP contribution in [0.25, 0.3) is 21.3 Å². The van der Waals surface area contributed by atoms with Crippen LogP contribution in [-0.2, 0) is 31.0 Å². The van der Waals surface area contributed by atoms with Crippen LogP contribution in [0.3, 0.4) is 0 Å². The molecule has 0 radical (unpaired) electrons. The third-order valence-corrected chi connectivity index (χ3v) is 10.5. The Bertz CT molecular complexity index is 2750. The lowest BCUT2D eigenvalue weighted by molar-refractivity contribution is -0.120. The van der Waals surface area contributed by atoms with Crippen molar-refractivity contribution in [1.82, 2.24) is 39.0 Å². The van der Waals surface area contributed by atoms with E-state index in [4.69, 9.17) is 25.9 Å². The van der Waals surface area contributed by atoms with Gasteiger partial charge in [-0.3, -0.25) is 38.7 Å². The van der Waals surface area contributed by atoms with Crippen molar-refractivity contribution in [3.63, 3.8) is 0 Å². The first-order chi connectivity index (χ1) is 29.8. The molecule has 62 heavy (non-hydrogen) atoms. The molecular weight excluding hydrogens is 819 g/mol. The number of thiazole rings is 1. The number of methoxy groups -OCH3 is 1. The Labute approximate surface area is 360 Å². The summed E-state index contributed by atoms with van der Waals surface area (Å²) in [6.07, 6.45) is 4.27. The van der Waals surface area contributed by atoms with Crippen molar-refractivity contribution < 1.29 is 33.4 Å². The Hall–Kier alpha value is -7.13. The third-order valence-electron chi connectivity index (χ3n) is 9.44. The van der Waals surface area contributed by atoms with Crippen LogP contribution in [0.4, 0.5) is 5.95 Å². The van der Waals surface area contributed by atoms with Gasteiger partial charge in [0.1, 0.15) is 33.9 Å². The van der Waals surface area contributed by atoms with E-state index in [1.165, 1.54) is 43.7 Å². The van der Waals surface area contributed by atoms with Gasteiger partial charge >= 0.3 is 0 Å². The molecule has 4 heterocycles. The van der Waals surface area contributed by atoms with Crippen molar-refractivity contribution in [2.45, 2.75) is 66.7 Å². The fourth-order valence-corrected chi connectivity index (χ4v) is 7.71. The molecule has 0 bridgehead atoms. The van der Waals surface area contributed by atoms with Crippen molar-refractivity contribution in [1.29, 1.82) is 0 Å². The summed E-state index contributed by atoms with van der Waals surface area (Å²) in [5, 5.41) is 14.3. The zero-order valence-corrected chi connectivity index (χ0v) is 36.5. The number of aromatic nitrogens is 7. The van der Waals surface area contributed by atoms with Gasteiger partial charge < -0.3 is 41.1 Å². The number of rotatable bonds is 17. The van der Waals surface area contributed by atoms with E-state index < -0.39 is 23.6 Å². The summed E-state index contributed by atoms with van der Waals surface area (Å²) in [5.74, 6) is -1.69. The number of imidazole rings is 1. The second-order valence-corrected chi connectivity index (χ2v) is 14.6. The van der Waals surface area contributed by atoms with Crippen LogP contribution in [0.15, 0.2) is 53.5 Å². The lowest BCUT2D eigenvalue weighted by Gasteiger charge is -2.13. The van der Waals surface area contributed by atoms with E-state index in [0.717, 1.165) is 0 Å². The fourth-order valence-electron chi connectivity index (χ4n) is 6.62. The number of carbonyl (C=O) groups is 5. The number of fused-ring (bicyclic) bond motifs is 2. The summed E-state index contributed by atoms with van der Waals surface area (Å²) in [4.78, 5) is 73.5. The number of ether oxygens (including phenoxy) is 2. The summed E-state index contributed by atoms with van der Waals surface area (Å²) in [5.41, 5.74) is 19.6. The van der Waals surface area contributed by atoms with Gasteiger partial charge in [-0.05, 0) is 77.6 Å². The number of anilines is 1. The first-order valence-electron chi connectivity index (χ1n) is 19.7. The molecule has 0 aliphatic rings.